The molecular weight excluding hydrogens is 408 g/mol. The molecular formula is C21H30N2O6S. The highest BCUT2D eigenvalue weighted by atomic mass is 32.2. The maximum Gasteiger partial charge on any atom is 0.410 e. The number of amides is 1. The van der Waals surface area contributed by atoms with E-state index in [0.717, 1.165) is 0 Å². The van der Waals surface area contributed by atoms with Crippen LogP contribution in [0.4, 0.5) is 10.5 Å². The monoisotopic (exact) mass is 438 g/mol. The van der Waals surface area contributed by atoms with E-state index in [4.69, 9.17) is 15.2 Å². The first-order valence-electron chi connectivity index (χ1n) is 10.2. The number of likely N-dealkylation sites (tertiary alicyclic amines) is 1. The van der Waals surface area contributed by atoms with E-state index in [1.165, 1.54) is 17.0 Å². The van der Waals surface area contributed by atoms with Gasteiger partial charge in [-0.2, -0.15) is 0 Å². The van der Waals surface area contributed by atoms with Crippen LogP contribution >= 0.6 is 0 Å². The molecule has 2 fully saturated rings. The zero-order chi connectivity index (χ0) is 22.3. The summed E-state index contributed by atoms with van der Waals surface area (Å²) in [6, 6.07) is 3.73. The first kappa shape index (κ1) is 22.4. The Bertz CT molecular complexity index is 933. The van der Waals surface area contributed by atoms with Crippen molar-refractivity contribution in [2.24, 2.45) is 5.92 Å². The second-order valence-corrected chi connectivity index (χ2v) is 11.0. The Balaban J connectivity index is 2.10. The summed E-state index contributed by atoms with van der Waals surface area (Å²) in [7, 11) is -3.58. The van der Waals surface area contributed by atoms with Crippen molar-refractivity contribution < 1.29 is 27.5 Å². The molecule has 1 aliphatic carbocycles. The lowest BCUT2D eigenvalue weighted by molar-refractivity contribution is -0.148. The molecule has 0 radical (unpaired) electrons. The predicted molar refractivity (Wildman–Crippen MR) is 111 cm³/mol. The van der Waals surface area contributed by atoms with E-state index in [9.17, 15) is 18.0 Å². The van der Waals surface area contributed by atoms with Gasteiger partial charge in [-0.15, -0.1) is 0 Å². The fourth-order valence-corrected chi connectivity index (χ4v) is 5.70. The fraction of sp³-hybridized carbons (Fsp3) is 0.619. The summed E-state index contributed by atoms with van der Waals surface area (Å²) < 4.78 is 37.0. The average Bonchev–Trinajstić information content (AvgIpc) is 3.39. The van der Waals surface area contributed by atoms with Crippen LogP contribution in [0.15, 0.2) is 23.1 Å². The van der Waals surface area contributed by atoms with E-state index < -0.39 is 44.7 Å². The Morgan fingerprint density at radius 3 is 2.43 bits per heavy atom. The van der Waals surface area contributed by atoms with Crippen molar-refractivity contribution >= 4 is 27.6 Å². The molecule has 1 aromatic rings. The van der Waals surface area contributed by atoms with Gasteiger partial charge in [0.05, 0.1) is 28.7 Å². The molecule has 1 heterocycles. The Morgan fingerprint density at radius 1 is 1.20 bits per heavy atom. The second-order valence-electron chi connectivity index (χ2n) is 8.81. The van der Waals surface area contributed by atoms with Gasteiger partial charge < -0.3 is 20.1 Å². The van der Waals surface area contributed by atoms with E-state index in [0.29, 0.717) is 30.5 Å². The van der Waals surface area contributed by atoms with Gasteiger partial charge >= 0.3 is 12.1 Å². The normalized spacial score (nSPS) is 22.1. The van der Waals surface area contributed by atoms with Crippen LogP contribution in [-0.4, -0.2) is 49.4 Å². The standard InChI is InChI=1S/C21H30N2O6S/c1-5-28-19(24)15-10-11-23(20(25)29-21(2,3)4)18(15)16-12-13(22)6-9-17(16)30(26,27)14-7-8-14/h6,9,12,14-15,18H,5,7-8,10-11,22H2,1-4H3/t15-,18-/m1/s1. The van der Waals surface area contributed by atoms with E-state index in [1.54, 1.807) is 33.8 Å². The molecule has 9 heteroatoms. The number of benzene rings is 1. The third-order valence-electron chi connectivity index (χ3n) is 5.24. The zero-order valence-corrected chi connectivity index (χ0v) is 18.7. The molecule has 1 aliphatic heterocycles. The lowest BCUT2D eigenvalue weighted by Gasteiger charge is -2.31. The molecule has 2 N–H and O–H groups in total. The van der Waals surface area contributed by atoms with Crippen LogP contribution in [0.25, 0.3) is 0 Å². The molecule has 2 atom stereocenters. The van der Waals surface area contributed by atoms with E-state index in [1.807, 2.05) is 0 Å². The molecule has 1 saturated heterocycles. The van der Waals surface area contributed by atoms with Crippen molar-refractivity contribution in [2.45, 2.75) is 68.7 Å². The lowest BCUT2D eigenvalue weighted by Crippen LogP contribution is -2.39. The topological polar surface area (TPSA) is 116 Å². The van der Waals surface area contributed by atoms with Crippen LogP contribution in [0, 0.1) is 5.92 Å². The highest BCUT2D eigenvalue weighted by Gasteiger charge is 2.47. The molecule has 0 aromatic heterocycles. The van der Waals surface area contributed by atoms with Crippen LogP contribution in [0.3, 0.4) is 0 Å². The third-order valence-corrected chi connectivity index (χ3v) is 7.57. The Morgan fingerprint density at radius 2 is 1.87 bits per heavy atom. The van der Waals surface area contributed by atoms with Crippen molar-refractivity contribution in [3.05, 3.63) is 23.8 Å². The number of ether oxygens (including phenoxy) is 2. The molecule has 0 bridgehead atoms. The van der Waals surface area contributed by atoms with Crippen molar-refractivity contribution in [1.29, 1.82) is 0 Å². The summed E-state index contributed by atoms with van der Waals surface area (Å²) in [6.45, 7) is 7.41. The van der Waals surface area contributed by atoms with E-state index in [-0.39, 0.29) is 18.0 Å². The summed E-state index contributed by atoms with van der Waals surface area (Å²) in [4.78, 5) is 27.2. The summed E-state index contributed by atoms with van der Waals surface area (Å²) >= 11 is 0. The number of sulfone groups is 1. The molecule has 1 amide bonds. The Labute approximate surface area is 177 Å². The lowest BCUT2D eigenvalue weighted by atomic mass is 9.93. The highest BCUT2D eigenvalue weighted by molar-refractivity contribution is 7.92. The molecule has 0 spiro atoms. The van der Waals surface area contributed by atoms with E-state index >= 15 is 0 Å². The van der Waals surface area contributed by atoms with Crippen LogP contribution in [-0.2, 0) is 24.1 Å². The van der Waals surface area contributed by atoms with Gasteiger partial charge in [-0.05, 0) is 70.7 Å². The van der Waals surface area contributed by atoms with Gasteiger partial charge in [-0.1, -0.05) is 0 Å². The number of carbonyl (C=O) groups is 2. The van der Waals surface area contributed by atoms with Crippen LogP contribution in [0.1, 0.15) is 58.6 Å². The number of nitrogen functional groups attached to an aromatic ring is 1. The van der Waals surface area contributed by atoms with Crippen molar-refractivity contribution in [2.75, 3.05) is 18.9 Å². The predicted octanol–water partition coefficient (Wildman–Crippen LogP) is 3.07. The largest absolute Gasteiger partial charge is 0.466 e. The van der Waals surface area contributed by atoms with E-state index in [2.05, 4.69) is 0 Å². The summed E-state index contributed by atoms with van der Waals surface area (Å²) in [5.74, 6) is -1.17. The number of hydrogen-bond donors (Lipinski definition) is 1. The van der Waals surface area contributed by atoms with Crippen molar-refractivity contribution in [3.8, 4) is 0 Å². The molecule has 3 rings (SSSR count). The first-order valence-corrected chi connectivity index (χ1v) is 11.8. The Hall–Kier alpha value is -2.29. The minimum Gasteiger partial charge on any atom is -0.466 e. The summed E-state index contributed by atoms with van der Waals surface area (Å²) in [6.07, 6.45) is 0.957. The first-order chi connectivity index (χ1) is 14.0. The number of hydrogen-bond acceptors (Lipinski definition) is 7. The number of nitrogens with two attached hydrogens (primary N) is 1. The van der Waals surface area contributed by atoms with Gasteiger partial charge in [-0.3, -0.25) is 4.79 Å². The minimum absolute atomic E-state index is 0.119. The van der Waals surface area contributed by atoms with Gasteiger partial charge in [0.1, 0.15) is 5.60 Å². The average molecular weight is 439 g/mol. The number of anilines is 1. The second kappa shape index (κ2) is 8.09. The zero-order valence-electron chi connectivity index (χ0n) is 17.9. The highest BCUT2D eigenvalue weighted by Crippen LogP contribution is 2.44. The number of carbonyl (C=O) groups excluding carboxylic acids is 2. The summed E-state index contributed by atoms with van der Waals surface area (Å²) in [5.41, 5.74) is 5.96. The number of rotatable bonds is 5. The van der Waals surface area contributed by atoms with Crippen molar-refractivity contribution in [1.82, 2.24) is 4.90 Å². The molecule has 1 saturated carbocycles. The third kappa shape index (κ3) is 4.55. The Kier molecular flexibility index (Phi) is 6.04. The van der Waals surface area contributed by atoms with Crippen LogP contribution in [0.2, 0.25) is 0 Å². The van der Waals surface area contributed by atoms with Crippen molar-refractivity contribution in [3.63, 3.8) is 0 Å². The van der Waals surface area contributed by atoms with Gasteiger partial charge in [0.2, 0.25) is 0 Å². The SMILES string of the molecule is CCOC(=O)[C@@H]1CCN(C(=O)OC(C)(C)C)[C@H]1c1cc(N)ccc1S(=O)(=O)C1CC1. The van der Waals surface area contributed by atoms with Gasteiger partial charge in [-0.25, -0.2) is 13.2 Å². The molecule has 1 aromatic carbocycles. The molecule has 2 aliphatic rings. The van der Waals surface area contributed by atoms with Gasteiger partial charge in [0, 0.05) is 12.2 Å². The van der Waals surface area contributed by atoms with Gasteiger partial charge in [0.15, 0.2) is 9.84 Å². The van der Waals surface area contributed by atoms with Crippen LogP contribution < -0.4 is 5.73 Å². The molecule has 30 heavy (non-hydrogen) atoms. The summed E-state index contributed by atoms with van der Waals surface area (Å²) in [5, 5.41) is -0.433. The van der Waals surface area contributed by atoms with Gasteiger partial charge in [0.25, 0.3) is 0 Å². The number of esters is 1. The molecule has 0 unspecified atom stereocenters. The maximum absolute atomic E-state index is 13.1. The van der Waals surface area contributed by atoms with Crippen LogP contribution in [0.5, 0.6) is 0 Å². The minimum atomic E-state index is -3.58. The fourth-order valence-electron chi connectivity index (χ4n) is 3.81. The number of nitrogens with zero attached hydrogens (tertiary/aromatic N) is 1. The maximum atomic E-state index is 13.1. The quantitative estimate of drug-likeness (QED) is 0.555. The molecule has 166 valence electrons. The molecule has 8 nitrogen and oxygen atoms in total. The smallest absolute Gasteiger partial charge is 0.410 e.